The molecule has 0 atom stereocenters. The van der Waals surface area contributed by atoms with Crippen LogP contribution in [0, 0.1) is 18.9 Å². The smallest absolute Gasteiger partial charge is 0.315 e. The maximum Gasteiger partial charge on any atom is 0.315 e. The predicted molar refractivity (Wildman–Crippen MR) is 117 cm³/mol. The van der Waals surface area contributed by atoms with Crippen molar-refractivity contribution in [2.45, 2.75) is 67.3 Å². The summed E-state index contributed by atoms with van der Waals surface area (Å²) < 4.78 is 7.59. The number of rotatable bonds is 4. The third-order valence-corrected chi connectivity index (χ3v) is 4.59. The van der Waals surface area contributed by atoms with Gasteiger partial charge in [0, 0.05) is 6.54 Å². The van der Waals surface area contributed by atoms with Crippen molar-refractivity contribution < 1.29 is 9.53 Å². The number of carbonyl (C=O) groups excluding carboxylic acids is 1. The van der Waals surface area contributed by atoms with E-state index < -0.39 is 5.41 Å². The summed E-state index contributed by atoms with van der Waals surface area (Å²) in [6.07, 6.45) is 0. The number of benzene rings is 1. The van der Waals surface area contributed by atoms with Gasteiger partial charge in [-0.3, -0.25) is 9.48 Å². The lowest BCUT2D eigenvalue weighted by atomic mass is 9.86. The quantitative estimate of drug-likeness (QED) is 0.372. The van der Waals surface area contributed by atoms with Gasteiger partial charge in [0.2, 0.25) is 5.70 Å². The molecule has 1 aromatic carbocycles. The maximum atomic E-state index is 12.7. The molecule has 29 heavy (non-hydrogen) atoms. The molecule has 0 saturated heterocycles. The highest BCUT2D eigenvalue weighted by Crippen LogP contribution is 2.33. The average Bonchev–Trinajstić information content (AvgIpc) is 3.00. The van der Waals surface area contributed by atoms with Crippen LogP contribution in [0.5, 0.6) is 0 Å². The van der Waals surface area contributed by atoms with E-state index in [4.69, 9.17) is 11.3 Å². The van der Waals surface area contributed by atoms with Crippen LogP contribution in [-0.2, 0) is 21.5 Å². The summed E-state index contributed by atoms with van der Waals surface area (Å²) in [6, 6.07) is 9.72. The lowest BCUT2D eigenvalue weighted by molar-refractivity contribution is -0.145. The van der Waals surface area contributed by atoms with Gasteiger partial charge in [-0.05, 0) is 57.2 Å². The molecule has 0 N–H and O–H groups in total. The third kappa shape index (κ3) is 5.14. The van der Waals surface area contributed by atoms with Crippen molar-refractivity contribution >= 4 is 17.4 Å². The van der Waals surface area contributed by atoms with Gasteiger partial charge in [-0.25, -0.2) is 4.85 Å². The topological polar surface area (TPSA) is 48.5 Å². The Labute approximate surface area is 174 Å². The second-order valence-corrected chi connectivity index (χ2v) is 9.24. The number of carbonyl (C=O) groups is 1. The molecule has 1 aromatic heterocycles. The molecule has 0 aliphatic heterocycles. The second kappa shape index (κ2) is 8.24. The Balaban J connectivity index is 2.70. The Bertz CT molecular complexity index is 960. The fourth-order valence-corrected chi connectivity index (χ4v) is 2.81. The molecule has 0 spiro atoms. The van der Waals surface area contributed by atoms with Gasteiger partial charge < -0.3 is 4.74 Å². The minimum absolute atomic E-state index is 0.0139. The number of nitrogens with zero attached hydrogens (tertiary/aromatic N) is 3. The molecule has 5 nitrogen and oxygen atoms in total. The zero-order chi connectivity index (χ0) is 22.0. The van der Waals surface area contributed by atoms with Crippen molar-refractivity contribution in [2.75, 3.05) is 0 Å². The van der Waals surface area contributed by atoms with Gasteiger partial charge in [0.15, 0.2) is 5.76 Å². The molecule has 0 aliphatic carbocycles. The van der Waals surface area contributed by atoms with Gasteiger partial charge in [0.1, 0.15) is 0 Å². The van der Waals surface area contributed by atoms with E-state index in [2.05, 4.69) is 30.7 Å². The Morgan fingerprint density at radius 1 is 1.14 bits per heavy atom. The first kappa shape index (κ1) is 22.4. The molecule has 0 bridgehead atoms. The third-order valence-electron chi connectivity index (χ3n) is 4.59. The first-order valence-corrected chi connectivity index (χ1v) is 9.88. The van der Waals surface area contributed by atoms with Crippen LogP contribution < -0.4 is 0 Å². The standard InChI is InChI=1S/C24H31N3O2/c1-10-27-19(15-16(2)26-27)21(29-22(28)24(6,7)8)20(25-9)17-11-13-18(14-12-17)23(3,4)5/h11-15H,10H2,1-8H3. The van der Waals surface area contributed by atoms with Gasteiger partial charge in [-0.2, -0.15) is 5.10 Å². The minimum atomic E-state index is -0.694. The van der Waals surface area contributed by atoms with Crippen molar-refractivity contribution in [3.8, 4) is 0 Å². The van der Waals surface area contributed by atoms with Crippen LogP contribution in [0.4, 0.5) is 0 Å². The van der Waals surface area contributed by atoms with Crippen LogP contribution in [-0.4, -0.2) is 15.7 Å². The molecular formula is C24H31N3O2. The predicted octanol–water partition coefficient (Wildman–Crippen LogP) is 5.84. The Kier molecular flexibility index (Phi) is 6.37. The second-order valence-electron chi connectivity index (χ2n) is 9.24. The lowest BCUT2D eigenvalue weighted by Crippen LogP contribution is -2.23. The molecule has 0 radical (unpaired) electrons. The van der Waals surface area contributed by atoms with E-state index in [9.17, 15) is 4.79 Å². The van der Waals surface area contributed by atoms with Crippen LogP contribution in [0.2, 0.25) is 0 Å². The number of aryl methyl sites for hydroxylation is 2. The first-order chi connectivity index (χ1) is 13.4. The summed E-state index contributed by atoms with van der Waals surface area (Å²) in [4.78, 5) is 16.5. The van der Waals surface area contributed by atoms with Gasteiger partial charge in [-0.1, -0.05) is 45.0 Å². The molecule has 154 valence electrons. The highest BCUT2D eigenvalue weighted by atomic mass is 16.5. The van der Waals surface area contributed by atoms with E-state index >= 15 is 0 Å². The molecule has 0 unspecified atom stereocenters. The summed E-state index contributed by atoms with van der Waals surface area (Å²) in [5, 5.41) is 4.46. The highest BCUT2D eigenvalue weighted by Gasteiger charge is 2.28. The van der Waals surface area contributed by atoms with E-state index in [1.807, 2.05) is 44.2 Å². The molecule has 0 amide bonds. The SMILES string of the molecule is [C-]#[N+]C(=C(OC(=O)C(C)(C)C)c1cc(C)nn1CC)c1ccc(C(C)(C)C)cc1. The number of ether oxygens (including phenoxy) is 1. The van der Waals surface area contributed by atoms with Crippen molar-refractivity contribution in [1.82, 2.24) is 9.78 Å². The summed E-state index contributed by atoms with van der Waals surface area (Å²) in [6.45, 7) is 24.1. The average molecular weight is 394 g/mol. The maximum absolute atomic E-state index is 12.7. The van der Waals surface area contributed by atoms with Crippen molar-refractivity contribution in [2.24, 2.45) is 5.41 Å². The highest BCUT2D eigenvalue weighted by molar-refractivity contribution is 5.94. The lowest BCUT2D eigenvalue weighted by Gasteiger charge is -2.21. The molecule has 0 saturated carbocycles. The van der Waals surface area contributed by atoms with Crippen molar-refractivity contribution in [3.63, 3.8) is 0 Å². The van der Waals surface area contributed by atoms with Crippen LogP contribution in [0.15, 0.2) is 30.3 Å². The molecule has 5 heteroatoms. The fourth-order valence-electron chi connectivity index (χ4n) is 2.81. The van der Waals surface area contributed by atoms with Gasteiger partial charge in [0.05, 0.1) is 23.4 Å². The van der Waals surface area contributed by atoms with Crippen LogP contribution in [0.25, 0.3) is 16.3 Å². The molecule has 2 rings (SSSR count). The van der Waals surface area contributed by atoms with E-state index in [1.54, 1.807) is 25.5 Å². The summed E-state index contributed by atoms with van der Waals surface area (Å²) in [5.74, 6) is -0.132. The van der Waals surface area contributed by atoms with Gasteiger partial charge in [-0.15, -0.1) is 0 Å². The zero-order valence-electron chi connectivity index (χ0n) is 18.8. The Morgan fingerprint density at radius 2 is 1.72 bits per heavy atom. The zero-order valence-corrected chi connectivity index (χ0v) is 18.8. The molecule has 1 heterocycles. The van der Waals surface area contributed by atoms with E-state index in [-0.39, 0.29) is 17.1 Å². The number of hydrogen-bond acceptors (Lipinski definition) is 3. The van der Waals surface area contributed by atoms with Crippen LogP contribution >= 0.6 is 0 Å². The van der Waals surface area contributed by atoms with Crippen LogP contribution in [0.1, 0.15) is 71.0 Å². The molecule has 0 aliphatic rings. The van der Waals surface area contributed by atoms with Crippen molar-refractivity contribution in [1.29, 1.82) is 0 Å². The van der Waals surface area contributed by atoms with Crippen molar-refractivity contribution in [3.05, 3.63) is 64.3 Å². The minimum Gasteiger partial charge on any atom is -0.436 e. The molecular weight excluding hydrogens is 362 g/mol. The Hall–Kier alpha value is -2.87. The largest absolute Gasteiger partial charge is 0.436 e. The van der Waals surface area contributed by atoms with Gasteiger partial charge in [0.25, 0.3) is 0 Å². The Morgan fingerprint density at radius 3 is 2.17 bits per heavy atom. The van der Waals surface area contributed by atoms with Crippen LogP contribution in [0.3, 0.4) is 0 Å². The van der Waals surface area contributed by atoms with Gasteiger partial charge >= 0.3 is 5.97 Å². The molecule has 0 fully saturated rings. The number of aromatic nitrogens is 2. The van der Waals surface area contributed by atoms with E-state index in [0.717, 1.165) is 5.69 Å². The van der Waals surface area contributed by atoms with E-state index in [1.165, 1.54) is 5.56 Å². The van der Waals surface area contributed by atoms with E-state index in [0.29, 0.717) is 23.5 Å². The number of hydrogen-bond donors (Lipinski definition) is 0. The summed E-state index contributed by atoms with van der Waals surface area (Å²) in [7, 11) is 0. The normalized spacial score (nSPS) is 12.9. The monoisotopic (exact) mass is 393 g/mol. The number of esters is 1. The molecule has 2 aromatic rings. The fraction of sp³-hybridized carbons (Fsp3) is 0.458. The first-order valence-electron chi connectivity index (χ1n) is 9.88. The summed E-state index contributed by atoms with van der Waals surface area (Å²) in [5.41, 5.74) is 2.95. The summed E-state index contributed by atoms with van der Waals surface area (Å²) >= 11 is 0.